The lowest BCUT2D eigenvalue weighted by Gasteiger charge is -2.05. The maximum absolute atomic E-state index is 12.2. The van der Waals surface area contributed by atoms with E-state index in [0.717, 1.165) is 15.3 Å². The van der Waals surface area contributed by atoms with Crippen LogP contribution in [0.1, 0.15) is 41.5 Å². The molecule has 0 aliphatic carbocycles. The molecule has 1 amide bonds. The van der Waals surface area contributed by atoms with Crippen molar-refractivity contribution in [2.45, 2.75) is 26.3 Å². The van der Waals surface area contributed by atoms with Crippen molar-refractivity contribution < 1.29 is 9.52 Å². The fraction of sp³-hybridized carbons (Fsp3) is 0.211. The smallest absolute Gasteiger partial charge is 0.271 e. The third-order valence-electron chi connectivity index (χ3n) is 3.90. The third-order valence-corrected chi connectivity index (χ3v) is 4.79. The van der Waals surface area contributed by atoms with E-state index in [2.05, 4.69) is 36.3 Å². The first-order chi connectivity index (χ1) is 12.0. The molecule has 0 atom stereocenters. The Bertz CT molecular complexity index is 872. The zero-order valence-corrected chi connectivity index (χ0v) is 14.9. The predicted molar refractivity (Wildman–Crippen MR) is 98.2 cm³/mol. The van der Waals surface area contributed by atoms with Gasteiger partial charge in [0.15, 0.2) is 6.20 Å². The summed E-state index contributed by atoms with van der Waals surface area (Å²) in [5.74, 6) is 0.193. The number of amides is 1. The maximum atomic E-state index is 12.2. The summed E-state index contributed by atoms with van der Waals surface area (Å²) in [5.41, 5.74) is 3.11. The van der Waals surface area contributed by atoms with Gasteiger partial charge < -0.3 is 10.5 Å². The van der Waals surface area contributed by atoms with Crippen LogP contribution in [0, 0.1) is 5.21 Å². The third kappa shape index (κ3) is 4.03. The first-order valence-electron chi connectivity index (χ1n) is 8.05. The standard InChI is InChI=1S/C19H19N3O2S/c1-13(2)14-6-8-15(9-7-14)19-21-17(12-25-19)18(23)20-11-16-5-3-4-10-22(16)24/h3-10,12-13H,11H2,1-2H3,(H,20,23). The van der Waals surface area contributed by atoms with Crippen molar-refractivity contribution in [3.8, 4) is 10.6 Å². The molecular weight excluding hydrogens is 334 g/mol. The van der Waals surface area contributed by atoms with Crippen molar-refractivity contribution in [1.82, 2.24) is 10.3 Å². The highest BCUT2D eigenvalue weighted by Gasteiger charge is 2.13. The predicted octanol–water partition coefficient (Wildman–Crippen LogP) is 3.50. The molecule has 6 heteroatoms. The van der Waals surface area contributed by atoms with Crippen LogP contribution in [0.2, 0.25) is 0 Å². The van der Waals surface area contributed by atoms with Gasteiger partial charge in [-0.1, -0.05) is 38.1 Å². The molecule has 0 saturated carbocycles. The van der Waals surface area contributed by atoms with E-state index in [1.807, 2.05) is 12.1 Å². The molecule has 0 unspecified atom stereocenters. The van der Waals surface area contributed by atoms with E-state index < -0.39 is 0 Å². The van der Waals surface area contributed by atoms with Crippen LogP contribution in [0.25, 0.3) is 10.6 Å². The Labute approximate surface area is 150 Å². The van der Waals surface area contributed by atoms with Crippen molar-refractivity contribution in [2.75, 3.05) is 0 Å². The molecule has 0 spiro atoms. The van der Waals surface area contributed by atoms with Crippen molar-refractivity contribution in [1.29, 1.82) is 0 Å². The number of carbonyl (C=O) groups is 1. The largest absolute Gasteiger partial charge is 0.618 e. The summed E-state index contributed by atoms with van der Waals surface area (Å²) in [6, 6.07) is 13.3. The number of nitrogens with zero attached hydrogens (tertiary/aromatic N) is 2. The van der Waals surface area contributed by atoms with Crippen LogP contribution >= 0.6 is 11.3 Å². The second-order valence-corrected chi connectivity index (χ2v) is 6.87. The number of benzene rings is 1. The minimum atomic E-state index is -0.287. The van der Waals surface area contributed by atoms with Crippen molar-refractivity contribution in [3.05, 3.63) is 76.2 Å². The first kappa shape index (κ1) is 17.1. The number of pyridine rings is 1. The van der Waals surface area contributed by atoms with E-state index in [0.29, 0.717) is 17.3 Å². The van der Waals surface area contributed by atoms with Gasteiger partial charge in [-0.15, -0.1) is 11.3 Å². The molecule has 2 aromatic heterocycles. The van der Waals surface area contributed by atoms with Gasteiger partial charge in [0.25, 0.3) is 5.91 Å². The van der Waals surface area contributed by atoms with Crippen LogP contribution in [0.3, 0.4) is 0 Å². The Morgan fingerprint density at radius 1 is 1.24 bits per heavy atom. The quantitative estimate of drug-likeness (QED) is 0.564. The fourth-order valence-electron chi connectivity index (χ4n) is 2.38. The van der Waals surface area contributed by atoms with Gasteiger partial charge in [0.05, 0.1) is 0 Å². The number of aromatic nitrogens is 2. The van der Waals surface area contributed by atoms with E-state index >= 15 is 0 Å². The molecular formula is C19H19N3O2S. The van der Waals surface area contributed by atoms with Gasteiger partial charge in [0.1, 0.15) is 17.2 Å². The highest BCUT2D eigenvalue weighted by atomic mass is 32.1. The molecule has 0 fully saturated rings. The van der Waals surface area contributed by atoms with Crippen molar-refractivity contribution in [2.24, 2.45) is 0 Å². The molecule has 0 saturated heterocycles. The number of nitrogens with one attached hydrogen (secondary N) is 1. The molecule has 25 heavy (non-hydrogen) atoms. The number of hydrogen-bond acceptors (Lipinski definition) is 4. The molecule has 2 heterocycles. The molecule has 0 aliphatic heterocycles. The van der Waals surface area contributed by atoms with Gasteiger partial charge in [-0.05, 0) is 17.5 Å². The minimum absolute atomic E-state index is 0.166. The summed E-state index contributed by atoms with van der Waals surface area (Å²) in [6.45, 7) is 4.47. The van der Waals surface area contributed by atoms with E-state index in [1.54, 1.807) is 23.6 Å². The summed E-state index contributed by atoms with van der Waals surface area (Å²) < 4.78 is 0.739. The summed E-state index contributed by atoms with van der Waals surface area (Å²) in [4.78, 5) is 16.7. The first-order valence-corrected chi connectivity index (χ1v) is 8.93. The van der Waals surface area contributed by atoms with Crippen molar-refractivity contribution in [3.63, 3.8) is 0 Å². The second kappa shape index (κ2) is 7.44. The number of thiazole rings is 1. The van der Waals surface area contributed by atoms with Gasteiger partial charge >= 0.3 is 0 Å². The molecule has 5 nitrogen and oxygen atoms in total. The molecule has 3 aromatic rings. The van der Waals surface area contributed by atoms with E-state index in [-0.39, 0.29) is 12.5 Å². The average molecular weight is 353 g/mol. The van der Waals surface area contributed by atoms with Crippen LogP contribution in [-0.4, -0.2) is 10.9 Å². The lowest BCUT2D eigenvalue weighted by molar-refractivity contribution is -0.614. The number of carbonyl (C=O) groups excluding carboxylic acids is 1. The Balaban J connectivity index is 1.68. The van der Waals surface area contributed by atoms with Gasteiger partial charge in [0, 0.05) is 23.1 Å². The SMILES string of the molecule is CC(C)c1ccc(-c2nc(C(=O)NCc3cccc[n+]3[O-])cs2)cc1. The van der Waals surface area contributed by atoms with Gasteiger partial charge in [0.2, 0.25) is 5.69 Å². The maximum Gasteiger partial charge on any atom is 0.271 e. The number of rotatable bonds is 5. The Hall–Kier alpha value is -2.73. The lowest BCUT2D eigenvalue weighted by Crippen LogP contribution is -2.35. The molecule has 0 aliphatic rings. The Morgan fingerprint density at radius 3 is 2.68 bits per heavy atom. The minimum Gasteiger partial charge on any atom is -0.618 e. The molecule has 128 valence electrons. The lowest BCUT2D eigenvalue weighted by atomic mass is 10.0. The van der Waals surface area contributed by atoms with E-state index in [4.69, 9.17) is 0 Å². The normalized spacial score (nSPS) is 10.8. The van der Waals surface area contributed by atoms with Gasteiger partial charge in [-0.25, -0.2) is 4.98 Å². The molecule has 0 radical (unpaired) electrons. The Kier molecular flexibility index (Phi) is 5.09. The van der Waals surface area contributed by atoms with Crippen LogP contribution in [0.15, 0.2) is 54.0 Å². The number of hydrogen-bond donors (Lipinski definition) is 1. The van der Waals surface area contributed by atoms with Crippen LogP contribution in [-0.2, 0) is 6.54 Å². The topological polar surface area (TPSA) is 68.9 Å². The summed E-state index contributed by atoms with van der Waals surface area (Å²) in [5, 5.41) is 16.9. The molecule has 1 aromatic carbocycles. The van der Waals surface area contributed by atoms with Crippen molar-refractivity contribution >= 4 is 17.2 Å². The highest BCUT2D eigenvalue weighted by Crippen LogP contribution is 2.25. The zero-order valence-electron chi connectivity index (χ0n) is 14.1. The molecule has 3 rings (SSSR count). The zero-order chi connectivity index (χ0) is 17.8. The summed E-state index contributed by atoms with van der Waals surface area (Å²) in [7, 11) is 0. The molecule has 1 N–H and O–H groups in total. The van der Waals surface area contributed by atoms with Crippen LogP contribution in [0.4, 0.5) is 0 Å². The monoisotopic (exact) mass is 353 g/mol. The fourth-order valence-corrected chi connectivity index (χ4v) is 3.19. The van der Waals surface area contributed by atoms with E-state index in [9.17, 15) is 10.0 Å². The Morgan fingerprint density at radius 2 is 2.00 bits per heavy atom. The van der Waals surface area contributed by atoms with Crippen LogP contribution in [0.5, 0.6) is 0 Å². The van der Waals surface area contributed by atoms with Gasteiger partial charge in [-0.2, -0.15) is 4.73 Å². The molecule has 0 bridgehead atoms. The van der Waals surface area contributed by atoms with Gasteiger partial charge in [-0.3, -0.25) is 4.79 Å². The summed E-state index contributed by atoms with van der Waals surface area (Å²) >= 11 is 1.43. The second-order valence-electron chi connectivity index (χ2n) is 6.02. The highest BCUT2D eigenvalue weighted by molar-refractivity contribution is 7.13. The van der Waals surface area contributed by atoms with Crippen LogP contribution < -0.4 is 10.0 Å². The average Bonchev–Trinajstić information content (AvgIpc) is 3.11. The van der Waals surface area contributed by atoms with E-state index in [1.165, 1.54) is 23.1 Å². The summed E-state index contributed by atoms with van der Waals surface area (Å²) in [6.07, 6.45) is 1.41.